The van der Waals surface area contributed by atoms with Crippen LogP contribution in [0.1, 0.15) is 37.3 Å². The maximum atomic E-state index is 10.3. The predicted molar refractivity (Wildman–Crippen MR) is 125 cm³/mol. The summed E-state index contributed by atoms with van der Waals surface area (Å²) >= 11 is 3.48. The van der Waals surface area contributed by atoms with Gasteiger partial charge in [-0.15, -0.1) is 0 Å². The van der Waals surface area contributed by atoms with Crippen LogP contribution < -0.4 is 0 Å². The summed E-state index contributed by atoms with van der Waals surface area (Å²) in [5.41, 5.74) is 5.11. The maximum absolute atomic E-state index is 10.3. The summed E-state index contributed by atoms with van der Waals surface area (Å²) in [5, 5.41) is 20.3. The zero-order chi connectivity index (χ0) is 20.8. The smallest absolute Gasteiger partial charge is 0.458 e. The zero-order valence-electron chi connectivity index (χ0n) is 16.6. The predicted octanol–water partition coefficient (Wildman–Crippen LogP) is 6.25. The largest absolute Gasteiger partial charge is 0.507 e. The molecular weight excluding hydrogens is 427 g/mol. The van der Waals surface area contributed by atoms with Gasteiger partial charge >= 0.3 is 7.12 Å². The Morgan fingerprint density at radius 1 is 1.28 bits per heavy atom. The van der Waals surface area contributed by atoms with Crippen LogP contribution in [0.25, 0.3) is 11.6 Å². The lowest BCUT2D eigenvalue weighted by Crippen LogP contribution is -2.31. The van der Waals surface area contributed by atoms with Crippen molar-refractivity contribution >= 4 is 34.7 Å². The Bertz CT molecular complexity index is 921. The quantitative estimate of drug-likeness (QED) is 0.385. The summed E-state index contributed by atoms with van der Waals surface area (Å²) in [4.78, 5) is 0. The van der Waals surface area contributed by atoms with Crippen LogP contribution in [0.2, 0.25) is 6.32 Å². The third-order valence-electron chi connectivity index (χ3n) is 5.18. The lowest BCUT2D eigenvalue weighted by molar-refractivity contribution is 0.184. The first-order valence-corrected chi connectivity index (χ1v) is 10.7. The average molecular weight is 453 g/mol. The summed E-state index contributed by atoms with van der Waals surface area (Å²) in [5.74, 6) is 0.242. The molecule has 2 N–H and O–H groups in total. The molecule has 0 saturated heterocycles. The Balaban J connectivity index is 1.89. The van der Waals surface area contributed by atoms with Crippen LogP contribution in [0.4, 0.5) is 0 Å². The van der Waals surface area contributed by atoms with E-state index in [-0.39, 0.29) is 11.9 Å². The minimum absolute atomic E-state index is 0.186. The van der Waals surface area contributed by atoms with E-state index in [4.69, 9.17) is 4.65 Å². The van der Waals surface area contributed by atoms with E-state index in [9.17, 15) is 10.1 Å². The minimum atomic E-state index is -0.772. The second-order valence-electron chi connectivity index (χ2n) is 7.21. The molecule has 0 amide bonds. The Morgan fingerprint density at radius 3 is 2.76 bits per heavy atom. The highest BCUT2D eigenvalue weighted by molar-refractivity contribution is 9.10. The summed E-state index contributed by atoms with van der Waals surface area (Å²) in [6, 6.07) is 15.6. The highest BCUT2D eigenvalue weighted by atomic mass is 79.9. The second kappa shape index (κ2) is 10.1. The van der Waals surface area contributed by atoms with Gasteiger partial charge in [0.2, 0.25) is 0 Å². The number of halogens is 1. The third-order valence-corrected chi connectivity index (χ3v) is 5.68. The average Bonchev–Trinajstić information content (AvgIpc) is 2.73. The van der Waals surface area contributed by atoms with Crippen molar-refractivity contribution in [2.75, 3.05) is 0 Å². The van der Waals surface area contributed by atoms with Gasteiger partial charge in [-0.3, -0.25) is 0 Å². The molecule has 0 spiro atoms. The fraction of sp³-hybridized carbons (Fsp3) is 0.250. The Morgan fingerprint density at radius 2 is 2.03 bits per heavy atom. The summed E-state index contributed by atoms with van der Waals surface area (Å²) in [7, 11) is -0.772. The van der Waals surface area contributed by atoms with E-state index in [2.05, 4.69) is 47.6 Å². The lowest BCUT2D eigenvalue weighted by atomic mass is 9.77. The SMILES string of the molecule is C=C(CC)C1=CCB(O)OC1CC/C(=C/c1cc(Br)ccc1O)c1ccccc1. The number of rotatable bonds is 7. The molecule has 0 aliphatic carbocycles. The van der Waals surface area contributed by atoms with E-state index < -0.39 is 7.12 Å². The van der Waals surface area contributed by atoms with Crippen molar-refractivity contribution in [3.05, 3.63) is 87.9 Å². The molecule has 1 aliphatic rings. The molecule has 0 saturated carbocycles. The van der Waals surface area contributed by atoms with Crippen LogP contribution in [-0.4, -0.2) is 23.4 Å². The molecule has 3 nitrogen and oxygen atoms in total. The molecule has 0 fully saturated rings. The van der Waals surface area contributed by atoms with E-state index in [1.165, 1.54) is 0 Å². The van der Waals surface area contributed by atoms with Gasteiger partial charge in [-0.1, -0.05) is 71.4 Å². The fourth-order valence-electron chi connectivity index (χ4n) is 3.54. The molecule has 2 aromatic rings. The molecule has 5 heteroatoms. The van der Waals surface area contributed by atoms with Gasteiger partial charge < -0.3 is 14.8 Å². The Hall–Kier alpha value is -2.08. The molecule has 1 heterocycles. The summed E-state index contributed by atoms with van der Waals surface area (Å²) < 4.78 is 6.76. The van der Waals surface area contributed by atoms with Crippen molar-refractivity contribution in [2.45, 2.75) is 38.6 Å². The van der Waals surface area contributed by atoms with Crippen LogP contribution in [0, 0.1) is 0 Å². The number of phenols is 1. The van der Waals surface area contributed by atoms with E-state index >= 15 is 0 Å². The number of allylic oxidation sites excluding steroid dienone is 2. The van der Waals surface area contributed by atoms with Crippen molar-refractivity contribution in [3.63, 3.8) is 0 Å². The topological polar surface area (TPSA) is 49.7 Å². The summed E-state index contributed by atoms with van der Waals surface area (Å²) in [6.07, 6.45) is 6.70. The fourth-order valence-corrected chi connectivity index (χ4v) is 3.92. The molecule has 0 aromatic heterocycles. The van der Waals surface area contributed by atoms with Crippen LogP contribution in [0.5, 0.6) is 5.75 Å². The van der Waals surface area contributed by atoms with Gasteiger partial charge in [0, 0.05) is 16.4 Å². The number of hydrogen-bond donors (Lipinski definition) is 2. The first-order chi connectivity index (χ1) is 14.0. The van der Waals surface area contributed by atoms with Gasteiger partial charge in [-0.05, 0) is 60.2 Å². The number of phenolic OH excluding ortho intramolecular Hbond substituents is 1. The highest BCUT2D eigenvalue weighted by Crippen LogP contribution is 2.33. The van der Waals surface area contributed by atoms with Gasteiger partial charge in [-0.25, -0.2) is 0 Å². The van der Waals surface area contributed by atoms with E-state index in [1.54, 1.807) is 6.07 Å². The molecule has 0 bridgehead atoms. The molecule has 3 rings (SSSR count). The monoisotopic (exact) mass is 452 g/mol. The first-order valence-electron chi connectivity index (χ1n) is 9.94. The zero-order valence-corrected chi connectivity index (χ0v) is 18.2. The standard InChI is InChI=1S/C24H26BBrO3/c1-3-17(2)22-13-14-25(28)29-24(22)12-9-19(18-7-5-4-6-8-18)15-20-16-21(26)10-11-23(20)27/h4-8,10-11,13,15-16,24,27-28H,2-3,9,12,14H2,1H3/b19-15-. The van der Waals surface area contributed by atoms with Crippen LogP contribution in [0.3, 0.4) is 0 Å². The van der Waals surface area contributed by atoms with Gasteiger partial charge in [0.15, 0.2) is 0 Å². The van der Waals surface area contributed by atoms with Crippen molar-refractivity contribution < 1.29 is 14.8 Å². The highest BCUT2D eigenvalue weighted by Gasteiger charge is 2.28. The van der Waals surface area contributed by atoms with Gasteiger partial charge in [0.25, 0.3) is 0 Å². The number of aromatic hydroxyl groups is 1. The third kappa shape index (κ3) is 5.72. The number of benzene rings is 2. The molecule has 150 valence electrons. The van der Waals surface area contributed by atoms with Crippen LogP contribution in [0.15, 0.2) is 76.8 Å². The lowest BCUT2D eigenvalue weighted by Gasteiger charge is -2.28. The number of hydrogen-bond acceptors (Lipinski definition) is 3. The molecule has 0 radical (unpaired) electrons. The summed E-state index contributed by atoms with van der Waals surface area (Å²) in [6.45, 7) is 6.24. The maximum Gasteiger partial charge on any atom is 0.458 e. The second-order valence-corrected chi connectivity index (χ2v) is 8.12. The van der Waals surface area contributed by atoms with Crippen LogP contribution in [-0.2, 0) is 4.65 Å². The normalized spacial score (nSPS) is 17.2. The van der Waals surface area contributed by atoms with Crippen LogP contribution >= 0.6 is 15.9 Å². The van der Waals surface area contributed by atoms with E-state index in [1.807, 2.05) is 36.4 Å². The van der Waals surface area contributed by atoms with Gasteiger partial charge in [0.1, 0.15) is 5.75 Å². The molecule has 29 heavy (non-hydrogen) atoms. The minimum Gasteiger partial charge on any atom is -0.507 e. The van der Waals surface area contributed by atoms with Crippen molar-refractivity contribution in [1.29, 1.82) is 0 Å². The molecule has 1 aliphatic heterocycles. The van der Waals surface area contributed by atoms with Gasteiger partial charge in [-0.2, -0.15) is 0 Å². The van der Waals surface area contributed by atoms with Crippen molar-refractivity contribution in [3.8, 4) is 5.75 Å². The molecule has 1 unspecified atom stereocenters. The molecular formula is C24H26BBrO3. The van der Waals surface area contributed by atoms with Gasteiger partial charge in [0.05, 0.1) is 6.10 Å². The Labute approximate surface area is 181 Å². The molecule has 2 aromatic carbocycles. The van der Waals surface area contributed by atoms with Crippen molar-refractivity contribution in [1.82, 2.24) is 0 Å². The Kier molecular flexibility index (Phi) is 7.54. The van der Waals surface area contributed by atoms with Crippen molar-refractivity contribution in [2.24, 2.45) is 0 Å². The van der Waals surface area contributed by atoms with E-state index in [0.717, 1.165) is 51.6 Å². The first kappa shape index (κ1) is 21.6. The molecule has 1 atom stereocenters. The van der Waals surface area contributed by atoms with E-state index in [0.29, 0.717) is 6.32 Å².